The zero-order chi connectivity index (χ0) is 21.4. The quantitative estimate of drug-likeness (QED) is 0.371. The number of hydrogen-bond donors (Lipinski definition) is 1. The maximum Gasteiger partial charge on any atom is 0.407 e. The molecule has 0 aromatic heterocycles. The highest BCUT2D eigenvalue weighted by Gasteiger charge is 2.22. The summed E-state index contributed by atoms with van der Waals surface area (Å²) in [4.78, 5) is 32.6. The van der Waals surface area contributed by atoms with Crippen molar-refractivity contribution in [3.05, 3.63) is 70.3 Å². The lowest BCUT2D eigenvalue weighted by Gasteiger charge is -2.14. The lowest BCUT2D eigenvalue weighted by atomic mass is 10.1. The standard InChI is InChI=1S/C18H17FN2O7S/c19-17(22)16(12-13-4-2-1-3-5-13)20-18(23)28-10-11-29(26,27)15-8-6-14(7-9-15)21(24)25/h1-9,16H,10-12H2,(H,20,23). The number of carbonyl (C=O) groups excluding carboxylic acids is 2. The predicted molar refractivity (Wildman–Crippen MR) is 99.7 cm³/mol. The van der Waals surface area contributed by atoms with Crippen LogP contribution in [0.3, 0.4) is 0 Å². The minimum absolute atomic E-state index is 0.0909. The summed E-state index contributed by atoms with van der Waals surface area (Å²) in [5.41, 5.74) is 0.351. The normalized spacial score (nSPS) is 12.0. The van der Waals surface area contributed by atoms with Crippen LogP contribution >= 0.6 is 0 Å². The van der Waals surface area contributed by atoms with E-state index in [0.717, 1.165) is 24.3 Å². The fourth-order valence-corrected chi connectivity index (χ4v) is 3.45. The molecule has 0 saturated heterocycles. The topological polar surface area (TPSA) is 133 Å². The second-order valence-corrected chi connectivity index (χ2v) is 8.01. The van der Waals surface area contributed by atoms with Crippen LogP contribution in [0.2, 0.25) is 0 Å². The molecular weight excluding hydrogens is 407 g/mol. The van der Waals surface area contributed by atoms with E-state index in [-0.39, 0.29) is 17.0 Å². The first-order valence-corrected chi connectivity index (χ1v) is 9.98. The maximum absolute atomic E-state index is 13.2. The van der Waals surface area contributed by atoms with Crippen LogP contribution in [0.5, 0.6) is 0 Å². The number of halogens is 1. The van der Waals surface area contributed by atoms with Crippen molar-refractivity contribution in [1.29, 1.82) is 0 Å². The van der Waals surface area contributed by atoms with Gasteiger partial charge < -0.3 is 10.1 Å². The highest BCUT2D eigenvalue weighted by atomic mass is 32.2. The molecule has 1 amide bonds. The van der Waals surface area contributed by atoms with E-state index >= 15 is 0 Å². The largest absolute Gasteiger partial charge is 0.448 e. The molecule has 2 aromatic carbocycles. The Labute approximate surface area is 165 Å². The van der Waals surface area contributed by atoms with Crippen molar-refractivity contribution in [2.75, 3.05) is 12.4 Å². The Balaban J connectivity index is 1.88. The van der Waals surface area contributed by atoms with Gasteiger partial charge >= 0.3 is 12.1 Å². The number of alkyl carbamates (subject to hydrolysis) is 1. The first-order valence-electron chi connectivity index (χ1n) is 8.33. The fraction of sp³-hybridized carbons (Fsp3) is 0.222. The summed E-state index contributed by atoms with van der Waals surface area (Å²) in [6, 6.07) is 9.44. The average molecular weight is 424 g/mol. The third-order valence-electron chi connectivity index (χ3n) is 3.84. The number of ether oxygens (including phenoxy) is 1. The number of carbonyl (C=O) groups is 2. The average Bonchev–Trinajstić information content (AvgIpc) is 2.68. The van der Waals surface area contributed by atoms with Gasteiger partial charge in [0.2, 0.25) is 0 Å². The van der Waals surface area contributed by atoms with Crippen LogP contribution in [0.1, 0.15) is 5.56 Å². The van der Waals surface area contributed by atoms with E-state index in [4.69, 9.17) is 4.74 Å². The summed E-state index contributed by atoms with van der Waals surface area (Å²) >= 11 is 0. The van der Waals surface area contributed by atoms with Gasteiger partial charge in [-0.2, -0.15) is 4.39 Å². The van der Waals surface area contributed by atoms with Crippen molar-refractivity contribution in [3.8, 4) is 0 Å². The minimum atomic E-state index is -3.86. The summed E-state index contributed by atoms with van der Waals surface area (Å²) in [6.45, 7) is -0.552. The van der Waals surface area contributed by atoms with Crippen molar-refractivity contribution < 1.29 is 32.1 Å². The number of sulfone groups is 1. The molecule has 2 aromatic rings. The molecule has 29 heavy (non-hydrogen) atoms. The van der Waals surface area contributed by atoms with Crippen molar-refractivity contribution in [3.63, 3.8) is 0 Å². The van der Waals surface area contributed by atoms with E-state index < -0.39 is 45.3 Å². The molecule has 0 saturated carbocycles. The SMILES string of the molecule is O=C(NC(Cc1ccccc1)C(=O)F)OCCS(=O)(=O)c1ccc([N+](=O)[O-])cc1. The van der Waals surface area contributed by atoms with Gasteiger partial charge in [-0.1, -0.05) is 30.3 Å². The number of nitro benzene ring substituents is 1. The van der Waals surface area contributed by atoms with Crippen molar-refractivity contribution in [1.82, 2.24) is 5.32 Å². The fourth-order valence-electron chi connectivity index (χ4n) is 2.36. The number of benzene rings is 2. The summed E-state index contributed by atoms with van der Waals surface area (Å²) in [7, 11) is -3.86. The van der Waals surface area contributed by atoms with E-state index in [2.05, 4.69) is 5.32 Å². The molecule has 1 unspecified atom stereocenters. The maximum atomic E-state index is 13.2. The lowest BCUT2D eigenvalue weighted by molar-refractivity contribution is -0.384. The zero-order valence-corrected chi connectivity index (χ0v) is 15.8. The van der Waals surface area contributed by atoms with E-state index in [0.29, 0.717) is 5.56 Å². The number of nitro groups is 1. The molecule has 0 aliphatic rings. The van der Waals surface area contributed by atoms with Crippen molar-refractivity contribution in [2.45, 2.75) is 17.4 Å². The summed E-state index contributed by atoms with van der Waals surface area (Å²) in [5, 5.41) is 12.7. The number of non-ortho nitro benzene ring substituents is 1. The minimum Gasteiger partial charge on any atom is -0.448 e. The predicted octanol–water partition coefficient (Wildman–Crippen LogP) is 2.20. The molecule has 2 rings (SSSR count). The van der Waals surface area contributed by atoms with Crippen molar-refractivity contribution >= 4 is 27.7 Å². The van der Waals surface area contributed by atoms with Crippen LogP contribution in [-0.2, 0) is 25.8 Å². The van der Waals surface area contributed by atoms with E-state index in [1.807, 2.05) is 0 Å². The van der Waals surface area contributed by atoms with Gasteiger partial charge in [-0.05, 0) is 17.7 Å². The van der Waals surface area contributed by atoms with Gasteiger partial charge in [0, 0.05) is 18.6 Å². The molecule has 1 N–H and O–H groups in total. The molecule has 9 nitrogen and oxygen atoms in total. The van der Waals surface area contributed by atoms with Crippen LogP contribution in [0.15, 0.2) is 59.5 Å². The molecule has 1 atom stereocenters. The summed E-state index contributed by atoms with van der Waals surface area (Å²) < 4.78 is 42.2. The molecule has 0 radical (unpaired) electrons. The van der Waals surface area contributed by atoms with Crippen LogP contribution in [0.4, 0.5) is 14.9 Å². The van der Waals surface area contributed by atoms with Crippen LogP contribution < -0.4 is 5.32 Å². The van der Waals surface area contributed by atoms with Gasteiger partial charge in [-0.3, -0.25) is 14.9 Å². The first kappa shape index (κ1) is 22.0. The van der Waals surface area contributed by atoms with Gasteiger partial charge in [0.15, 0.2) is 9.84 Å². The zero-order valence-electron chi connectivity index (χ0n) is 15.0. The van der Waals surface area contributed by atoms with Crippen LogP contribution in [0, 0.1) is 10.1 Å². The number of hydrogen-bond acceptors (Lipinski definition) is 7. The Morgan fingerprint density at radius 3 is 2.28 bits per heavy atom. The highest BCUT2D eigenvalue weighted by Crippen LogP contribution is 2.17. The third-order valence-corrected chi connectivity index (χ3v) is 5.54. The number of nitrogens with one attached hydrogen (secondary N) is 1. The molecule has 0 aliphatic carbocycles. The molecule has 0 heterocycles. The molecule has 0 spiro atoms. The number of rotatable bonds is 9. The smallest absolute Gasteiger partial charge is 0.407 e. The third kappa shape index (κ3) is 6.64. The van der Waals surface area contributed by atoms with E-state index in [1.54, 1.807) is 30.3 Å². The second-order valence-electron chi connectivity index (χ2n) is 5.90. The number of amides is 1. The Kier molecular flexibility index (Phi) is 7.37. The monoisotopic (exact) mass is 424 g/mol. The summed E-state index contributed by atoms with van der Waals surface area (Å²) in [5.74, 6) is -0.592. The van der Waals surface area contributed by atoms with Gasteiger partial charge in [0.25, 0.3) is 5.69 Å². The van der Waals surface area contributed by atoms with Gasteiger partial charge in [-0.25, -0.2) is 13.2 Å². The molecule has 0 aliphatic heterocycles. The van der Waals surface area contributed by atoms with Gasteiger partial charge in [-0.15, -0.1) is 0 Å². The highest BCUT2D eigenvalue weighted by molar-refractivity contribution is 7.91. The van der Waals surface area contributed by atoms with E-state index in [9.17, 15) is 32.5 Å². The molecular formula is C18H17FN2O7S. The first-order chi connectivity index (χ1) is 13.7. The van der Waals surface area contributed by atoms with E-state index in [1.165, 1.54) is 0 Å². The Hall–Kier alpha value is -3.34. The molecule has 11 heteroatoms. The van der Waals surface area contributed by atoms with Gasteiger partial charge in [0.05, 0.1) is 15.6 Å². The Morgan fingerprint density at radius 2 is 1.72 bits per heavy atom. The van der Waals surface area contributed by atoms with Crippen molar-refractivity contribution in [2.24, 2.45) is 0 Å². The summed E-state index contributed by atoms with van der Waals surface area (Å²) in [6.07, 6.45) is -1.23. The van der Waals surface area contributed by atoms with Crippen LogP contribution in [-0.4, -0.2) is 43.9 Å². The van der Waals surface area contributed by atoms with Crippen LogP contribution in [0.25, 0.3) is 0 Å². The second kappa shape index (κ2) is 9.73. The lowest BCUT2D eigenvalue weighted by Crippen LogP contribution is -2.41. The molecule has 0 bridgehead atoms. The Morgan fingerprint density at radius 1 is 1.10 bits per heavy atom. The Bertz CT molecular complexity index is 979. The molecule has 0 fully saturated rings. The molecule has 154 valence electrons. The number of nitrogens with zero attached hydrogens (tertiary/aromatic N) is 1. The van der Waals surface area contributed by atoms with Gasteiger partial charge in [0.1, 0.15) is 12.6 Å².